The van der Waals surface area contributed by atoms with E-state index in [9.17, 15) is 0 Å². The molecule has 0 heterocycles. The second kappa shape index (κ2) is 12.8. The molecule has 0 aromatic heterocycles. The Bertz CT molecular complexity index is 1040. The van der Waals surface area contributed by atoms with E-state index in [1.165, 1.54) is 11.1 Å². The Morgan fingerprint density at radius 3 is 0.975 bits per heavy atom. The Kier molecular flexibility index (Phi) is 11.5. The third kappa shape index (κ3) is 6.93. The molecule has 0 N–H and O–H groups in total. The van der Waals surface area contributed by atoms with Crippen molar-refractivity contribution in [3.63, 3.8) is 0 Å². The van der Waals surface area contributed by atoms with Crippen LogP contribution in [0.25, 0.3) is 0 Å². The Hall–Kier alpha value is -0.270. The van der Waals surface area contributed by atoms with Gasteiger partial charge >= 0.3 is 254 Å². The van der Waals surface area contributed by atoms with Gasteiger partial charge < -0.3 is 0 Å². The van der Waals surface area contributed by atoms with Crippen LogP contribution in [-0.4, -0.2) is 41.6 Å². The van der Waals surface area contributed by atoms with E-state index in [-0.39, 0.29) is 10.8 Å². The first kappa shape index (κ1) is 35.9. The van der Waals surface area contributed by atoms with Gasteiger partial charge in [0.25, 0.3) is 0 Å². The van der Waals surface area contributed by atoms with E-state index in [1.54, 1.807) is 21.2 Å². The summed E-state index contributed by atoms with van der Waals surface area (Å²) in [6.07, 6.45) is 0. The van der Waals surface area contributed by atoms with Crippen LogP contribution in [0.3, 0.4) is 0 Å². The van der Waals surface area contributed by atoms with Gasteiger partial charge in [0.1, 0.15) is 0 Å². The summed E-state index contributed by atoms with van der Waals surface area (Å²) in [5, 5.41) is 6.85. The van der Waals surface area contributed by atoms with Gasteiger partial charge in [-0.2, -0.15) is 0 Å². The van der Waals surface area contributed by atoms with Gasteiger partial charge in [-0.3, -0.25) is 0 Å². The van der Waals surface area contributed by atoms with Crippen LogP contribution in [0.5, 0.6) is 0 Å². The zero-order valence-corrected chi connectivity index (χ0v) is 32.7. The number of hydrogen-bond donors (Lipinski definition) is 0. The summed E-state index contributed by atoms with van der Waals surface area (Å²) in [4.78, 5) is 0. The maximum absolute atomic E-state index is 2.69. The monoisotopic (exact) mass is 604 g/mol. The summed E-state index contributed by atoms with van der Waals surface area (Å²) < 4.78 is 0. The fraction of sp³-hybridized carbons (Fsp3) is 0.676. The van der Waals surface area contributed by atoms with Crippen molar-refractivity contribution < 1.29 is 0 Å². The molecular weight excluding hydrogens is 537 g/mol. The van der Waals surface area contributed by atoms with E-state index >= 15 is 0 Å². The van der Waals surface area contributed by atoms with Gasteiger partial charge in [-0.15, -0.1) is 0 Å². The van der Waals surface area contributed by atoms with Crippen LogP contribution >= 0.6 is 22.4 Å². The molecule has 0 unspecified atom stereocenters. The fourth-order valence-electron chi connectivity index (χ4n) is 6.55. The molecule has 0 aliphatic carbocycles. The first-order chi connectivity index (χ1) is 18.0. The van der Waals surface area contributed by atoms with E-state index in [1.807, 2.05) is 0 Å². The number of rotatable bonds is 9. The molecule has 0 bridgehead atoms. The SMILES string of the molecule is CC(C)P(c1ccc(C(C)(C)C)cc1[PH](C)(C(C)C)C(C)C)c1ccc(C(C)(C)C)cc1[PH](C)(C(C)C)C(C)C. The second-order valence-electron chi connectivity index (χ2n) is 16.6. The molecule has 0 radical (unpaired) electrons. The number of hydrogen-bond acceptors (Lipinski definition) is 0. The third-order valence-corrected chi connectivity index (χ3v) is 26.7. The van der Waals surface area contributed by atoms with Crippen molar-refractivity contribution in [3.8, 4) is 0 Å². The van der Waals surface area contributed by atoms with Crippen molar-refractivity contribution in [1.29, 1.82) is 0 Å². The van der Waals surface area contributed by atoms with Crippen molar-refractivity contribution in [2.24, 2.45) is 0 Å². The van der Waals surface area contributed by atoms with Crippen molar-refractivity contribution in [3.05, 3.63) is 47.5 Å². The zero-order valence-electron chi connectivity index (χ0n) is 29.8. The summed E-state index contributed by atoms with van der Waals surface area (Å²) in [5.41, 5.74) is 6.66. The molecule has 0 aliphatic rings. The standard InChI is InChI=1S/C37H67P3/c1-25(2)38(32-21-19-30(36(11,12)13)23-34(32)39(17,26(3)4)27(5)6)33-22-20-31(37(14,15)16)24-35(33)40(18,28(7)8)29(9)10/h19-29,39-40H,1-18H3. The first-order valence-corrected chi connectivity index (χ1v) is 22.8. The van der Waals surface area contributed by atoms with Crippen LogP contribution in [0.15, 0.2) is 36.4 Å². The molecule has 2 rings (SSSR count). The van der Waals surface area contributed by atoms with Gasteiger partial charge in [-0.1, -0.05) is 0 Å². The summed E-state index contributed by atoms with van der Waals surface area (Å²) in [5.74, 6) is 0. The van der Waals surface area contributed by atoms with Crippen LogP contribution in [0.1, 0.15) is 122 Å². The fourth-order valence-corrected chi connectivity index (χ4v) is 18.6. The topological polar surface area (TPSA) is 0 Å². The Morgan fingerprint density at radius 1 is 0.500 bits per heavy atom. The molecule has 2 aromatic rings. The van der Waals surface area contributed by atoms with Crippen molar-refractivity contribution in [2.75, 3.05) is 13.3 Å². The predicted molar refractivity (Wildman–Crippen MR) is 200 cm³/mol. The normalized spacial score (nSPS) is 15.6. The molecule has 40 heavy (non-hydrogen) atoms. The van der Waals surface area contributed by atoms with Crippen LogP contribution in [0.2, 0.25) is 0 Å². The average Bonchev–Trinajstić information content (AvgIpc) is 2.81. The van der Waals surface area contributed by atoms with Crippen LogP contribution in [0.4, 0.5) is 0 Å². The molecule has 0 saturated heterocycles. The van der Waals surface area contributed by atoms with Gasteiger partial charge in [-0.05, 0) is 0 Å². The zero-order chi connectivity index (χ0) is 31.2. The quantitative estimate of drug-likeness (QED) is 0.250. The molecule has 0 aliphatic heterocycles. The Labute approximate surface area is 253 Å². The molecule has 0 fully saturated rings. The van der Waals surface area contributed by atoms with Crippen molar-refractivity contribution in [1.82, 2.24) is 0 Å². The van der Waals surface area contributed by atoms with Crippen LogP contribution in [0, 0.1) is 0 Å². The van der Waals surface area contributed by atoms with E-state index < -0.39 is 22.4 Å². The van der Waals surface area contributed by atoms with Gasteiger partial charge in [0.15, 0.2) is 0 Å². The van der Waals surface area contributed by atoms with Gasteiger partial charge in [0.2, 0.25) is 0 Å². The van der Waals surface area contributed by atoms with Gasteiger partial charge in [0, 0.05) is 0 Å². The molecule has 0 nitrogen and oxygen atoms in total. The average molecular weight is 605 g/mol. The molecule has 0 saturated carbocycles. The molecule has 2 aromatic carbocycles. The third-order valence-electron chi connectivity index (χ3n) is 10.7. The molecule has 230 valence electrons. The second-order valence-corrected chi connectivity index (χ2v) is 30.2. The molecule has 0 spiro atoms. The van der Waals surface area contributed by atoms with Gasteiger partial charge in [0.05, 0.1) is 0 Å². The van der Waals surface area contributed by atoms with E-state index in [4.69, 9.17) is 0 Å². The summed E-state index contributed by atoms with van der Waals surface area (Å²) in [6, 6.07) is 15.5. The Morgan fingerprint density at radius 2 is 0.775 bits per heavy atom. The van der Waals surface area contributed by atoms with Gasteiger partial charge in [-0.25, -0.2) is 0 Å². The summed E-state index contributed by atoms with van der Waals surface area (Å²) in [6.45, 7) is 44.7. The van der Waals surface area contributed by atoms with E-state index in [2.05, 4.69) is 161 Å². The minimum atomic E-state index is -1.80. The van der Waals surface area contributed by atoms with E-state index in [0.29, 0.717) is 28.3 Å². The molecular formula is C37H67P3. The van der Waals surface area contributed by atoms with E-state index in [0.717, 1.165) is 0 Å². The molecule has 0 atom stereocenters. The number of benzene rings is 2. The van der Waals surface area contributed by atoms with Crippen LogP contribution < -0.4 is 21.2 Å². The molecule has 0 amide bonds. The van der Waals surface area contributed by atoms with Crippen molar-refractivity contribution in [2.45, 2.75) is 150 Å². The van der Waals surface area contributed by atoms with Crippen molar-refractivity contribution >= 4 is 43.7 Å². The summed E-state index contributed by atoms with van der Waals surface area (Å²) in [7, 11) is -4.10. The predicted octanol–water partition coefficient (Wildman–Crippen LogP) is 9.77. The molecule has 3 heteroatoms. The minimum absolute atomic E-state index is 0.150. The maximum atomic E-state index is 2.69. The Balaban J connectivity index is 3.13. The van der Waals surface area contributed by atoms with Crippen LogP contribution in [-0.2, 0) is 10.8 Å². The summed E-state index contributed by atoms with van der Waals surface area (Å²) >= 11 is 0. The first-order valence-electron chi connectivity index (χ1n) is 16.1.